The number of ketones is 1. The quantitative estimate of drug-likeness (QED) is 0.419. The fraction of sp³-hybridized carbons (Fsp3) is 0.261. The van der Waals surface area contributed by atoms with Crippen molar-refractivity contribution in [1.82, 2.24) is 19.1 Å². The first kappa shape index (κ1) is 19.5. The highest BCUT2D eigenvalue weighted by Crippen LogP contribution is 2.21. The van der Waals surface area contributed by atoms with E-state index in [9.17, 15) is 4.79 Å². The summed E-state index contributed by atoms with van der Waals surface area (Å²) in [6, 6.07) is 8.60. The molecule has 144 valence electrons. The van der Waals surface area contributed by atoms with E-state index in [1.165, 1.54) is 6.08 Å². The Hall–Kier alpha value is -3.21. The van der Waals surface area contributed by atoms with E-state index >= 15 is 0 Å². The summed E-state index contributed by atoms with van der Waals surface area (Å²) in [7, 11) is 0. The van der Waals surface area contributed by atoms with Gasteiger partial charge in [0.05, 0.1) is 11.0 Å². The molecular formula is C23H26N4O. The molecule has 5 nitrogen and oxygen atoms in total. The summed E-state index contributed by atoms with van der Waals surface area (Å²) >= 11 is 0. The number of carbonyl (C=O) groups excluding carboxylic acids is 1. The first-order chi connectivity index (χ1) is 13.5. The normalized spacial score (nSPS) is 12.6. The van der Waals surface area contributed by atoms with Crippen LogP contribution in [0.4, 0.5) is 0 Å². The van der Waals surface area contributed by atoms with Gasteiger partial charge in [-0.1, -0.05) is 24.3 Å². The van der Waals surface area contributed by atoms with E-state index in [4.69, 9.17) is 0 Å². The van der Waals surface area contributed by atoms with E-state index in [0.29, 0.717) is 6.04 Å². The molecule has 0 radical (unpaired) electrons. The van der Waals surface area contributed by atoms with Gasteiger partial charge in [-0.15, -0.1) is 0 Å². The lowest BCUT2D eigenvalue weighted by atomic mass is 10.2. The summed E-state index contributed by atoms with van der Waals surface area (Å²) in [5, 5.41) is 0. The van der Waals surface area contributed by atoms with E-state index < -0.39 is 0 Å². The van der Waals surface area contributed by atoms with E-state index in [-0.39, 0.29) is 11.8 Å². The molecule has 28 heavy (non-hydrogen) atoms. The Morgan fingerprint density at radius 2 is 1.75 bits per heavy atom. The SMILES string of the molecule is CC(C)n1ccnc1/C=C/C=C/C(=O)/C=C/c1nc2ccccc2n1C(C)C. The Labute approximate surface area is 165 Å². The predicted molar refractivity (Wildman–Crippen MR) is 115 cm³/mol. The fourth-order valence-electron chi connectivity index (χ4n) is 3.12. The van der Waals surface area contributed by atoms with Crippen LogP contribution in [-0.4, -0.2) is 24.9 Å². The van der Waals surface area contributed by atoms with Crippen LogP contribution in [0.1, 0.15) is 51.4 Å². The summed E-state index contributed by atoms with van der Waals surface area (Å²) in [4.78, 5) is 21.1. The average Bonchev–Trinajstić information content (AvgIpc) is 3.27. The zero-order chi connectivity index (χ0) is 20.1. The Morgan fingerprint density at radius 3 is 2.50 bits per heavy atom. The van der Waals surface area contributed by atoms with Crippen LogP contribution in [0.2, 0.25) is 0 Å². The third-order valence-corrected chi connectivity index (χ3v) is 4.41. The van der Waals surface area contributed by atoms with Crippen LogP contribution < -0.4 is 0 Å². The van der Waals surface area contributed by atoms with Gasteiger partial charge in [0, 0.05) is 24.5 Å². The molecule has 2 aromatic heterocycles. The van der Waals surface area contributed by atoms with E-state index in [2.05, 4.69) is 46.8 Å². The molecule has 3 aromatic rings. The molecule has 5 heteroatoms. The van der Waals surface area contributed by atoms with Gasteiger partial charge in [-0.25, -0.2) is 9.97 Å². The lowest BCUT2D eigenvalue weighted by molar-refractivity contribution is -0.110. The molecule has 0 saturated heterocycles. The van der Waals surface area contributed by atoms with Crippen molar-refractivity contribution >= 4 is 29.0 Å². The van der Waals surface area contributed by atoms with Crippen molar-refractivity contribution < 1.29 is 4.79 Å². The average molecular weight is 374 g/mol. The highest BCUT2D eigenvalue weighted by Gasteiger charge is 2.10. The summed E-state index contributed by atoms with van der Waals surface area (Å²) in [5.41, 5.74) is 2.01. The van der Waals surface area contributed by atoms with Crippen molar-refractivity contribution in [2.24, 2.45) is 0 Å². The summed E-state index contributed by atoms with van der Waals surface area (Å²) in [6.07, 6.45) is 14.1. The summed E-state index contributed by atoms with van der Waals surface area (Å²) in [6.45, 7) is 8.43. The van der Waals surface area contributed by atoms with Gasteiger partial charge >= 0.3 is 0 Å². The summed E-state index contributed by atoms with van der Waals surface area (Å²) in [5.74, 6) is 1.57. The third kappa shape index (κ3) is 4.36. The van der Waals surface area contributed by atoms with Crippen molar-refractivity contribution in [1.29, 1.82) is 0 Å². The molecule has 1 aromatic carbocycles. The van der Waals surface area contributed by atoms with Crippen molar-refractivity contribution in [3.05, 3.63) is 72.6 Å². The Kier molecular flexibility index (Phi) is 6.04. The molecule has 0 bridgehead atoms. The molecule has 0 aliphatic rings. The van der Waals surface area contributed by atoms with E-state index in [1.54, 1.807) is 24.4 Å². The van der Waals surface area contributed by atoms with E-state index in [0.717, 1.165) is 22.7 Å². The maximum Gasteiger partial charge on any atom is 0.178 e. The highest BCUT2D eigenvalue weighted by atomic mass is 16.1. The second kappa shape index (κ2) is 8.65. The number of rotatable bonds is 7. The zero-order valence-corrected chi connectivity index (χ0v) is 16.8. The molecule has 0 amide bonds. The lowest BCUT2D eigenvalue weighted by Gasteiger charge is -2.10. The molecule has 2 heterocycles. The number of benzene rings is 1. The Bertz CT molecular complexity index is 1050. The smallest absolute Gasteiger partial charge is 0.178 e. The van der Waals surface area contributed by atoms with Crippen LogP contribution in [-0.2, 0) is 4.79 Å². The molecule has 0 spiro atoms. The molecule has 0 N–H and O–H groups in total. The van der Waals surface area contributed by atoms with Crippen molar-refractivity contribution in [3.8, 4) is 0 Å². The fourth-order valence-corrected chi connectivity index (χ4v) is 3.12. The van der Waals surface area contributed by atoms with Gasteiger partial charge in [-0.2, -0.15) is 0 Å². The largest absolute Gasteiger partial charge is 0.329 e. The Morgan fingerprint density at radius 1 is 0.964 bits per heavy atom. The standard InChI is InChI=1S/C23H26N4O/c1-17(2)26-16-15-24-22(26)12-8-5-9-19(28)13-14-23-25-20-10-6-7-11-21(20)27(23)18(3)4/h5-18H,1-4H3/b9-5+,12-8+,14-13+. The highest BCUT2D eigenvalue weighted by molar-refractivity contribution is 6.02. The van der Waals surface area contributed by atoms with Crippen molar-refractivity contribution in [3.63, 3.8) is 0 Å². The topological polar surface area (TPSA) is 52.7 Å². The molecular weight excluding hydrogens is 348 g/mol. The van der Waals surface area contributed by atoms with Crippen LogP contribution in [0.3, 0.4) is 0 Å². The number of para-hydroxylation sites is 2. The summed E-state index contributed by atoms with van der Waals surface area (Å²) < 4.78 is 4.21. The lowest BCUT2D eigenvalue weighted by Crippen LogP contribution is -2.03. The maximum absolute atomic E-state index is 12.2. The first-order valence-electron chi connectivity index (χ1n) is 9.54. The minimum atomic E-state index is -0.0841. The first-order valence-corrected chi connectivity index (χ1v) is 9.54. The number of hydrogen-bond donors (Lipinski definition) is 0. The molecule has 3 rings (SSSR count). The van der Waals surface area contributed by atoms with Gasteiger partial charge in [0.25, 0.3) is 0 Å². The molecule has 0 fully saturated rings. The second-order valence-corrected chi connectivity index (χ2v) is 7.16. The number of fused-ring (bicyclic) bond motifs is 1. The maximum atomic E-state index is 12.2. The van der Waals surface area contributed by atoms with Gasteiger partial charge in [0.15, 0.2) is 5.78 Å². The van der Waals surface area contributed by atoms with Gasteiger partial charge in [-0.3, -0.25) is 4.79 Å². The molecule has 0 atom stereocenters. The monoisotopic (exact) mass is 374 g/mol. The van der Waals surface area contributed by atoms with E-state index in [1.807, 2.05) is 42.6 Å². The van der Waals surface area contributed by atoms with Crippen LogP contribution in [0, 0.1) is 0 Å². The number of imidazole rings is 2. The van der Waals surface area contributed by atoms with Gasteiger partial charge < -0.3 is 9.13 Å². The number of nitrogens with zero attached hydrogens (tertiary/aromatic N) is 4. The molecule has 0 aliphatic carbocycles. The Balaban J connectivity index is 1.71. The van der Waals surface area contributed by atoms with Gasteiger partial charge in [0.1, 0.15) is 11.6 Å². The van der Waals surface area contributed by atoms with Crippen LogP contribution in [0.15, 0.2) is 61.0 Å². The second-order valence-electron chi connectivity index (χ2n) is 7.16. The molecule has 0 saturated carbocycles. The third-order valence-electron chi connectivity index (χ3n) is 4.41. The van der Waals surface area contributed by atoms with Gasteiger partial charge in [-0.05, 0) is 64.1 Å². The van der Waals surface area contributed by atoms with Crippen LogP contribution >= 0.6 is 0 Å². The minimum absolute atomic E-state index is 0.0841. The number of aromatic nitrogens is 4. The van der Waals surface area contributed by atoms with Crippen molar-refractivity contribution in [2.75, 3.05) is 0 Å². The van der Waals surface area contributed by atoms with Gasteiger partial charge in [0.2, 0.25) is 0 Å². The minimum Gasteiger partial charge on any atom is -0.329 e. The number of carbonyl (C=O) groups is 1. The predicted octanol–water partition coefficient (Wildman–Crippen LogP) is 5.25. The molecule has 0 unspecified atom stereocenters. The molecule has 0 aliphatic heterocycles. The van der Waals surface area contributed by atoms with Crippen LogP contribution in [0.5, 0.6) is 0 Å². The zero-order valence-electron chi connectivity index (χ0n) is 16.8. The van der Waals surface area contributed by atoms with Crippen molar-refractivity contribution in [2.45, 2.75) is 39.8 Å². The number of hydrogen-bond acceptors (Lipinski definition) is 3. The van der Waals surface area contributed by atoms with Crippen LogP contribution in [0.25, 0.3) is 23.2 Å². The number of allylic oxidation sites excluding steroid dienone is 4.